The summed E-state index contributed by atoms with van der Waals surface area (Å²) >= 11 is 0. The minimum atomic E-state index is -0.125. The molecule has 0 bridgehead atoms. The lowest BCUT2D eigenvalue weighted by atomic mass is 10.1. The van der Waals surface area contributed by atoms with Gasteiger partial charge in [0.1, 0.15) is 6.61 Å². The molecule has 0 saturated carbocycles. The minimum absolute atomic E-state index is 0.125. The second kappa shape index (κ2) is 7.14. The number of nitrogens with zero attached hydrogens (tertiary/aromatic N) is 2. The monoisotopic (exact) mass is 276 g/mol. The molecule has 0 fully saturated rings. The maximum absolute atomic E-state index is 8.94. The Hall–Kier alpha value is -2.75. The van der Waals surface area contributed by atoms with Crippen LogP contribution in [0.2, 0.25) is 0 Å². The molecular weight excluding hydrogens is 260 g/mol. The van der Waals surface area contributed by atoms with Crippen molar-refractivity contribution in [3.05, 3.63) is 65.2 Å². The van der Waals surface area contributed by atoms with Gasteiger partial charge in [-0.25, -0.2) is 0 Å². The molecule has 0 saturated heterocycles. The highest BCUT2D eigenvalue weighted by Gasteiger charge is 2.03. The number of hydrogen-bond acceptors (Lipinski definition) is 3. The van der Waals surface area contributed by atoms with E-state index in [0.717, 1.165) is 23.4 Å². The zero-order valence-electron chi connectivity index (χ0n) is 11.9. The fraction of sp³-hybridized carbons (Fsp3) is 0.167. The smallest absolute Gasteiger partial charge is 0.104 e. The summed E-state index contributed by atoms with van der Waals surface area (Å²) in [4.78, 5) is 2.09. The number of benzene rings is 2. The average molecular weight is 276 g/mol. The number of nitriles is 1. The molecule has 3 heteroatoms. The summed E-state index contributed by atoms with van der Waals surface area (Å²) in [6.45, 7) is 0.627. The van der Waals surface area contributed by atoms with Crippen LogP contribution in [0.3, 0.4) is 0 Å². The summed E-state index contributed by atoms with van der Waals surface area (Å²) in [6, 6.07) is 17.6. The Morgan fingerprint density at radius 1 is 1.10 bits per heavy atom. The number of anilines is 1. The fourth-order valence-corrected chi connectivity index (χ4v) is 2.01. The van der Waals surface area contributed by atoms with Crippen molar-refractivity contribution >= 4 is 5.69 Å². The Bertz CT molecular complexity index is 702. The first-order valence-electron chi connectivity index (χ1n) is 6.63. The molecule has 3 nitrogen and oxygen atoms in total. The van der Waals surface area contributed by atoms with Gasteiger partial charge in [-0.05, 0) is 35.9 Å². The van der Waals surface area contributed by atoms with Crippen LogP contribution in [0.1, 0.15) is 16.7 Å². The molecule has 2 aromatic carbocycles. The van der Waals surface area contributed by atoms with Crippen LogP contribution in [0, 0.1) is 23.2 Å². The summed E-state index contributed by atoms with van der Waals surface area (Å²) in [5.41, 5.74) is 3.73. The molecule has 1 N–H and O–H groups in total. The van der Waals surface area contributed by atoms with E-state index in [2.05, 4.69) is 22.8 Å². The molecule has 0 aliphatic heterocycles. The van der Waals surface area contributed by atoms with Crippen molar-refractivity contribution in [2.45, 2.75) is 6.54 Å². The van der Waals surface area contributed by atoms with Gasteiger partial charge in [0, 0.05) is 24.8 Å². The van der Waals surface area contributed by atoms with Gasteiger partial charge in [0.25, 0.3) is 0 Å². The van der Waals surface area contributed by atoms with Gasteiger partial charge in [0.2, 0.25) is 0 Å². The van der Waals surface area contributed by atoms with Crippen LogP contribution in [0.15, 0.2) is 48.5 Å². The largest absolute Gasteiger partial charge is 0.384 e. The molecule has 0 aliphatic rings. The molecule has 21 heavy (non-hydrogen) atoms. The fourth-order valence-electron chi connectivity index (χ4n) is 2.01. The molecule has 0 heterocycles. The Kier molecular flexibility index (Phi) is 4.99. The second-order valence-corrected chi connectivity index (χ2v) is 4.68. The highest BCUT2D eigenvalue weighted by molar-refractivity contribution is 5.51. The lowest BCUT2D eigenvalue weighted by Crippen LogP contribution is -2.16. The van der Waals surface area contributed by atoms with E-state index in [9.17, 15) is 0 Å². The molecule has 0 radical (unpaired) electrons. The molecule has 0 unspecified atom stereocenters. The molecule has 0 aliphatic carbocycles. The highest BCUT2D eigenvalue weighted by Crippen LogP contribution is 2.17. The van der Waals surface area contributed by atoms with Crippen LogP contribution in [0.4, 0.5) is 5.69 Å². The van der Waals surface area contributed by atoms with Crippen molar-refractivity contribution in [2.24, 2.45) is 0 Å². The first kappa shape index (κ1) is 14.7. The van der Waals surface area contributed by atoms with E-state index in [4.69, 9.17) is 10.4 Å². The van der Waals surface area contributed by atoms with Gasteiger partial charge in [-0.3, -0.25) is 0 Å². The van der Waals surface area contributed by atoms with Gasteiger partial charge in [0.05, 0.1) is 11.6 Å². The Labute approximate surface area is 125 Å². The molecule has 0 spiro atoms. The van der Waals surface area contributed by atoms with Gasteiger partial charge < -0.3 is 10.0 Å². The van der Waals surface area contributed by atoms with Crippen molar-refractivity contribution in [3.63, 3.8) is 0 Å². The predicted molar refractivity (Wildman–Crippen MR) is 83.7 cm³/mol. The lowest BCUT2D eigenvalue weighted by molar-refractivity contribution is 0.350. The van der Waals surface area contributed by atoms with Gasteiger partial charge in [-0.15, -0.1) is 0 Å². The molecule has 0 atom stereocenters. The van der Waals surface area contributed by atoms with Crippen LogP contribution in [0.25, 0.3) is 0 Å². The molecule has 104 valence electrons. The molecular formula is C18H16N2O. The number of rotatable bonds is 3. The van der Waals surface area contributed by atoms with E-state index in [0.29, 0.717) is 5.56 Å². The van der Waals surface area contributed by atoms with Crippen molar-refractivity contribution in [1.29, 1.82) is 5.26 Å². The standard InChI is InChI=1S/C18H16N2O/c1-20(18-6-2-4-17(12-18)13-19)14-16-9-7-15(8-10-16)5-3-11-21/h2,4,6-10,12,21H,11,14H2,1H3. The maximum atomic E-state index is 8.94. The van der Waals surface area contributed by atoms with E-state index in [1.54, 1.807) is 6.07 Å². The van der Waals surface area contributed by atoms with Crippen LogP contribution in [0.5, 0.6) is 0 Å². The Morgan fingerprint density at radius 2 is 1.86 bits per heavy atom. The van der Waals surface area contributed by atoms with Crippen LogP contribution >= 0.6 is 0 Å². The second-order valence-electron chi connectivity index (χ2n) is 4.68. The molecule has 0 amide bonds. The van der Waals surface area contributed by atoms with Crippen LogP contribution in [-0.2, 0) is 6.54 Å². The summed E-state index contributed by atoms with van der Waals surface area (Å²) in [5.74, 6) is 5.50. The van der Waals surface area contributed by atoms with E-state index >= 15 is 0 Å². The van der Waals surface area contributed by atoms with E-state index in [1.807, 2.05) is 49.5 Å². The number of hydrogen-bond donors (Lipinski definition) is 1. The first-order chi connectivity index (χ1) is 10.2. The predicted octanol–water partition coefficient (Wildman–Crippen LogP) is 2.54. The van der Waals surface area contributed by atoms with Gasteiger partial charge in [-0.2, -0.15) is 5.26 Å². The van der Waals surface area contributed by atoms with Crippen LogP contribution < -0.4 is 4.90 Å². The molecule has 2 aromatic rings. The van der Waals surface area contributed by atoms with Gasteiger partial charge >= 0.3 is 0 Å². The topological polar surface area (TPSA) is 47.3 Å². The third-order valence-electron chi connectivity index (χ3n) is 3.10. The third-order valence-corrected chi connectivity index (χ3v) is 3.10. The summed E-state index contributed by atoms with van der Waals surface area (Å²) in [7, 11) is 2.00. The van der Waals surface area contributed by atoms with E-state index < -0.39 is 0 Å². The van der Waals surface area contributed by atoms with Gasteiger partial charge in [-0.1, -0.05) is 30.0 Å². The van der Waals surface area contributed by atoms with Crippen molar-refractivity contribution < 1.29 is 5.11 Å². The maximum Gasteiger partial charge on any atom is 0.104 e. The SMILES string of the molecule is CN(Cc1ccc(C#CCO)cc1)c1cccc(C#N)c1. The van der Waals surface area contributed by atoms with Crippen molar-refractivity contribution in [2.75, 3.05) is 18.6 Å². The lowest BCUT2D eigenvalue weighted by Gasteiger charge is -2.19. The number of aliphatic hydroxyl groups excluding tert-OH is 1. The zero-order chi connectivity index (χ0) is 15.1. The molecule has 2 rings (SSSR count). The summed E-state index contributed by atoms with van der Waals surface area (Å²) in [6.07, 6.45) is 0. The quantitative estimate of drug-likeness (QED) is 0.876. The summed E-state index contributed by atoms with van der Waals surface area (Å²) < 4.78 is 0. The van der Waals surface area contributed by atoms with Crippen LogP contribution in [-0.4, -0.2) is 18.8 Å². The number of aliphatic hydroxyl groups is 1. The summed E-state index contributed by atoms with van der Waals surface area (Å²) in [5, 5.41) is 17.6. The van der Waals surface area contributed by atoms with Crippen molar-refractivity contribution in [1.82, 2.24) is 0 Å². The highest BCUT2D eigenvalue weighted by atomic mass is 16.2. The molecule has 0 aromatic heterocycles. The van der Waals surface area contributed by atoms with E-state index in [1.165, 1.54) is 0 Å². The van der Waals surface area contributed by atoms with E-state index in [-0.39, 0.29) is 6.61 Å². The van der Waals surface area contributed by atoms with Gasteiger partial charge in [0.15, 0.2) is 0 Å². The Balaban J connectivity index is 2.08. The zero-order valence-corrected chi connectivity index (χ0v) is 11.9. The normalized spacial score (nSPS) is 9.38. The average Bonchev–Trinajstić information content (AvgIpc) is 2.54. The minimum Gasteiger partial charge on any atom is -0.384 e. The van der Waals surface area contributed by atoms with Crippen molar-refractivity contribution in [3.8, 4) is 17.9 Å². The first-order valence-corrected chi connectivity index (χ1v) is 6.63. The third kappa shape index (κ3) is 4.11. The Morgan fingerprint density at radius 3 is 2.52 bits per heavy atom.